The number of para-hydroxylation sites is 1. The van der Waals surface area contributed by atoms with Gasteiger partial charge in [-0.3, -0.25) is 4.79 Å². The van der Waals surface area contributed by atoms with Crippen molar-refractivity contribution in [1.82, 2.24) is 20.4 Å². The molecule has 25 heavy (non-hydrogen) atoms. The molecule has 1 fully saturated rings. The van der Waals surface area contributed by atoms with Gasteiger partial charge in [0.05, 0.1) is 16.1 Å². The van der Waals surface area contributed by atoms with Crippen molar-refractivity contribution >= 4 is 17.2 Å². The average molecular weight is 352 g/mol. The number of hydrogen-bond donors (Lipinski definition) is 2. The molecule has 3 heterocycles. The van der Waals surface area contributed by atoms with Crippen LogP contribution in [0.4, 0.5) is 0 Å². The number of nitrogens with one attached hydrogen (secondary N) is 2. The van der Waals surface area contributed by atoms with Crippen LogP contribution in [0.1, 0.15) is 23.2 Å². The molecule has 3 aromatic rings. The van der Waals surface area contributed by atoms with Crippen LogP contribution in [0, 0.1) is 0 Å². The number of nitrogens with zero attached hydrogens (tertiary/aromatic N) is 2. The van der Waals surface area contributed by atoms with E-state index in [0.29, 0.717) is 5.56 Å². The fourth-order valence-corrected chi connectivity index (χ4v) is 3.80. The zero-order chi connectivity index (χ0) is 17.1. The van der Waals surface area contributed by atoms with Crippen LogP contribution in [0.15, 0.2) is 54.0 Å². The average Bonchev–Trinajstić information content (AvgIpc) is 3.33. The second-order valence-corrected chi connectivity index (χ2v) is 7.09. The number of rotatable bonds is 4. The lowest BCUT2D eigenvalue weighted by Gasteiger charge is -2.23. The Bertz CT molecular complexity index is 836. The molecule has 0 aliphatic carbocycles. The van der Waals surface area contributed by atoms with Gasteiger partial charge in [-0.15, -0.1) is 11.3 Å². The summed E-state index contributed by atoms with van der Waals surface area (Å²) in [5.74, 6) is -0.0440. The summed E-state index contributed by atoms with van der Waals surface area (Å²) in [6.07, 6.45) is 3.76. The predicted molar refractivity (Wildman–Crippen MR) is 100 cm³/mol. The smallest absolute Gasteiger partial charge is 0.255 e. The summed E-state index contributed by atoms with van der Waals surface area (Å²) in [5.41, 5.74) is 2.32. The summed E-state index contributed by atoms with van der Waals surface area (Å²) >= 11 is 1.60. The molecular formula is C19H20N4OS. The zero-order valence-electron chi connectivity index (χ0n) is 13.8. The number of carbonyl (C=O) groups is 1. The monoisotopic (exact) mass is 352 g/mol. The quantitative estimate of drug-likeness (QED) is 0.759. The highest BCUT2D eigenvalue weighted by atomic mass is 32.1. The second-order valence-electron chi connectivity index (χ2n) is 6.15. The van der Waals surface area contributed by atoms with Crippen LogP contribution in [0.3, 0.4) is 0 Å². The first-order valence-electron chi connectivity index (χ1n) is 8.52. The minimum Gasteiger partial charge on any atom is -0.349 e. The molecule has 1 saturated heterocycles. The van der Waals surface area contributed by atoms with E-state index in [4.69, 9.17) is 5.10 Å². The van der Waals surface area contributed by atoms with E-state index in [1.54, 1.807) is 16.0 Å². The predicted octanol–water partition coefficient (Wildman–Crippen LogP) is 3.08. The molecule has 0 atom stereocenters. The van der Waals surface area contributed by atoms with Gasteiger partial charge in [-0.05, 0) is 49.5 Å². The Balaban J connectivity index is 1.67. The molecule has 1 amide bonds. The molecule has 0 unspecified atom stereocenters. The Labute approximate surface area is 150 Å². The molecular weight excluding hydrogens is 332 g/mol. The van der Waals surface area contributed by atoms with Gasteiger partial charge in [0.1, 0.15) is 5.69 Å². The molecule has 128 valence electrons. The van der Waals surface area contributed by atoms with Gasteiger partial charge in [-0.25, -0.2) is 4.68 Å². The first-order chi connectivity index (χ1) is 12.3. The topological polar surface area (TPSA) is 59.0 Å². The van der Waals surface area contributed by atoms with Crippen molar-refractivity contribution in [2.24, 2.45) is 0 Å². The lowest BCUT2D eigenvalue weighted by molar-refractivity contribution is 0.0930. The summed E-state index contributed by atoms with van der Waals surface area (Å²) in [6.45, 7) is 1.90. The maximum absolute atomic E-state index is 12.9. The van der Waals surface area contributed by atoms with Crippen LogP contribution < -0.4 is 10.6 Å². The second kappa shape index (κ2) is 7.21. The normalized spacial score (nSPS) is 15.2. The molecule has 6 heteroatoms. The lowest BCUT2D eigenvalue weighted by atomic mass is 10.1. The molecule has 1 aliphatic rings. The maximum atomic E-state index is 12.9. The number of hydrogen-bond acceptors (Lipinski definition) is 4. The van der Waals surface area contributed by atoms with E-state index in [0.717, 1.165) is 42.2 Å². The number of carbonyl (C=O) groups excluding carboxylic acids is 1. The summed E-state index contributed by atoms with van der Waals surface area (Å²) in [5, 5.41) is 13.2. The van der Waals surface area contributed by atoms with Crippen molar-refractivity contribution in [2.45, 2.75) is 18.9 Å². The van der Waals surface area contributed by atoms with Gasteiger partial charge in [0.15, 0.2) is 0 Å². The molecule has 0 saturated carbocycles. The van der Waals surface area contributed by atoms with Crippen LogP contribution >= 0.6 is 11.3 Å². The number of thiophene rings is 1. The number of piperidine rings is 1. The Morgan fingerprint density at radius 1 is 1.16 bits per heavy atom. The Morgan fingerprint density at radius 2 is 1.96 bits per heavy atom. The van der Waals surface area contributed by atoms with E-state index < -0.39 is 0 Å². The molecule has 5 nitrogen and oxygen atoms in total. The minimum absolute atomic E-state index is 0.0440. The molecule has 1 aliphatic heterocycles. The zero-order valence-corrected chi connectivity index (χ0v) is 14.6. The van der Waals surface area contributed by atoms with Crippen LogP contribution in [-0.2, 0) is 0 Å². The minimum atomic E-state index is -0.0440. The molecule has 0 bridgehead atoms. The van der Waals surface area contributed by atoms with Gasteiger partial charge in [0, 0.05) is 12.2 Å². The van der Waals surface area contributed by atoms with E-state index in [9.17, 15) is 4.79 Å². The van der Waals surface area contributed by atoms with Crippen molar-refractivity contribution in [2.75, 3.05) is 13.1 Å². The first kappa shape index (κ1) is 16.1. The van der Waals surface area contributed by atoms with Gasteiger partial charge in [0.2, 0.25) is 0 Å². The summed E-state index contributed by atoms with van der Waals surface area (Å²) in [7, 11) is 0. The van der Waals surface area contributed by atoms with Gasteiger partial charge in [-0.1, -0.05) is 24.3 Å². The summed E-state index contributed by atoms with van der Waals surface area (Å²) in [6, 6.07) is 14.1. The molecule has 4 rings (SSSR count). The van der Waals surface area contributed by atoms with Crippen LogP contribution in [0.5, 0.6) is 0 Å². The van der Waals surface area contributed by atoms with Gasteiger partial charge >= 0.3 is 0 Å². The fraction of sp³-hybridized carbons (Fsp3) is 0.263. The molecule has 0 radical (unpaired) electrons. The van der Waals surface area contributed by atoms with Crippen molar-refractivity contribution in [3.8, 4) is 16.3 Å². The van der Waals surface area contributed by atoms with E-state index in [1.165, 1.54) is 0 Å². The Hall–Kier alpha value is -2.44. The molecule has 1 aromatic carbocycles. The van der Waals surface area contributed by atoms with Crippen LogP contribution in [0.25, 0.3) is 16.3 Å². The summed E-state index contributed by atoms with van der Waals surface area (Å²) < 4.78 is 1.78. The molecule has 2 N–H and O–H groups in total. The van der Waals surface area contributed by atoms with Gasteiger partial charge < -0.3 is 10.6 Å². The molecule has 2 aromatic heterocycles. The van der Waals surface area contributed by atoms with Crippen molar-refractivity contribution in [3.05, 3.63) is 59.6 Å². The highest BCUT2D eigenvalue weighted by molar-refractivity contribution is 7.13. The van der Waals surface area contributed by atoms with Crippen molar-refractivity contribution < 1.29 is 4.79 Å². The van der Waals surface area contributed by atoms with Crippen LogP contribution in [-0.4, -0.2) is 34.8 Å². The standard InChI is InChI=1S/C19H20N4OS/c24-19(21-14-8-10-20-11-9-14)16-13-23(15-5-2-1-3-6-15)22-18(16)17-7-4-12-25-17/h1-7,12-14,20H,8-11H2,(H,21,24). The van der Waals surface area contributed by atoms with E-state index in [2.05, 4.69) is 10.6 Å². The fourth-order valence-electron chi connectivity index (χ4n) is 3.08. The number of amides is 1. The summed E-state index contributed by atoms with van der Waals surface area (Å²) in [4.78, 5) is 13.9. The highest BCUT2D eigenvalue weighted by Gasteiger charge is 2.22. The van der Waals surface area contributed by atoms with E-state index in [1.807, 2.05) is 54.0 Å². The third kappa shape index (κ3) is 3.50. The molecule has 0 spiro atoms. The van der Waals surface area contributed by atoms with E-state index >= 15 is 0 Å². The SMILES string of the molecule is O=C(NC1CCNCC1)c1cn(-c2ccccc2)nc1-c1cccs1. The number of benzene rings is 1. The lowest BCUT2D eigenvalue weighted by Crippen LogP contribution is -2.42. The largest absolute Gasteiger partial charge is 0.349 e. The van der Waals surface area contributed by atoms with E-state index in [-0.39, 0.29) is 11.9 Å². The highest BCUT2D eigenvalue weighted by Crippen LogP contribution is 2.28. The Kier molecular flexibility index (Phi) is 4.63. The van der Waals surface area contributed by atoms with Crippen molar-refractivity contribution in [1.29, 1.82) is 0 Å². The first-order valence-corrected chi connectivity index (χ1v) is 9.40. The third-order valence-corrected chi connectivity index (χ3v) is 5.29. The maximum Gasteiger partial charge on any atom is 0.255 e. The van der Waals surface area contributed by atoms with Gasteiger partial charge in [-0.2, -0.15) is 5.10 Å². The van der Waals surface area contributed by atoms with Gasteiger partial charge in [0.25, 0.3) is 5.91 Å². The Morgan fingerprint density at radius 3 is 2.68 bits per heavy atom. The van der Waals surface area contributed by atoms with Crippen LogP contribution in [0.2, 0.25) is 0 Å². The third-order valence-electron chi connectivity index (χ3n) is 4.41. The van der Waals surface area contributed by atoms with Crippen molar-refractivity contribution in [3.63, 3.8) is 0 Å². The number of aromatic nitrogens is 2.